The zero-order valence-electron chi connectivity index (χ0n) is 11.3. The Morgan fingerprint density at radius 3 is 2.56 bits per heavy atom. The van der Waals surface area contributed by atoms with E-state index >= 15 is 0 Å². The minimum atomic E-state index is 0.349. The summed E-state index contributed by atoms with van der Waals surface area (Å²) in [6, 6.07) is 0. The minimum Gasteiger partial charge on any atom is -0.103 e. The van der Waals surface area contributed by atoms with E-state index in [1.807, 2.05) is 0 Å². The van der Waals surface area contributed by atoms with Crippen molar-refractivity contribution in [1.29, 1.82) is 0 Å². The van der Waals surface area contributed by atoms with Crippen LogP contribution in [-0.4, -0.2) is 0 Å². The third-order valence-electron chi connectivity index (χ3n) is 5.12. The van der Waals surface area contributed by atoms with Crippen LogP contribution in [0.4, 0.5) is 0 Å². The molecule has 2 atom stereocenters. The number of rotatable bonds is 4. The van der Waals surface area contributed by atoms with Crippen molar-refractivity contribution in [2.75, 3.05) is 0 Å². The summed E-state index contributed by atoms with van der Waals surface area (Å²) < 4.78 is 0. The highest BCUT2D eigenvalue weighted by atomic mass is 14.5. The van der Waals surface area contributed by atoms with E-state index in [0.29, 0.717) is 11.3 Å². The highest BCUT2D eigenvalue weighted by Crippen LogP contribution is 2.56. The van der Waals surface area contributed by atoms with Gasteiger partial charge in [-0.2, -0.15) is 0 Å². The topological polar surface area (TPSA) is 0 Å². The predicted molar refractivity (Wildman–Crippen MR) is 78.4 cm³/mol. The first-order chi connectivity index (χ1) is 8.85. The summed E-state index contributed by atoms with van der Waals surface area (Å²) in [7, 11) is 0. The Kier molecular flexibility index (Phi) is 3.28. The molecule has 0 nitrogen and oxygen atoms in total. The first kappa shape index (κ1) is 12.0. The molecule has 0 radical (unpaired) electrons. The van der Waals surface area contributed by atoms with Gasteiger partial charge in [0, 0.05) is 5.41 Å². The molecule has 96 valence electrons. The molecule has 0 spiro atoms. The lowest BCUT2D eigenvalue weighted by atomic mass is 9.56. The average Bonchev–Trinajstić information content (AvgIpc) is 3.01. The van der Waals surface area contributed by atoms with Gasteiger partial charge in [0.05, 0.1) is 0 Å². The van der Waals surface area contributed by atoms with Gasteiger partial charge in [0.1, 0.15) is 0 Å². The molecule has 0 aromatic rings. The Hall–Kier alpha value is -1.04. The molecular formula is C18H24. The van der Waals surface area contributed by atoms with E-state index in [-0.39, 0.29) is 0 Å². The Labute approximate surface area is 111 Å². The van der Waals surface area contributed by atoms with Crippen molar-refractivity contribution in [2.45, 2.75) is 51.4 Å². The second-order valence-corrected chi connectivity index (χ2v) is 6.05. The Morgan fingerprint density at radius 2 is 2.00 bits per heavy atom. The summed E-state index contributed by atoms with van der Waals surface area (Å²) in [6.07, 6.45) is 22.6. The number of hydrogen-bond acceptors (Lipinski definition) is 0. The maximum absolute atomic E-state index is 4.05. The van der Waals surface area contributed by atoms with Crippen molar-refractivity contribution in [3.63, 3.8) is 0 Å². The molecule has 0 aromatic carbocycles. The second kappa shape index (κ2) is 4.91. The molecule has 18 heavy (non-hydrogen) atoms. The Balaban J connectivity index is 1.83. The smallest absolute Gasteiger partial charge is 0.0157 e. The molecule has 0 heteroatoms. The standard InChI is InChI=1S/C18H24/c1-2-16-12-14-18(16,17-9-5-6-10-17)13-11-15-7-3-4-8-15/h2,7,9,11,13,16H,1,3-6,8,10,12,14H2/b13-11+. The maximum atomic E-state index is 4.05. The molecule has 3 rings (SSSR count). The maximum Gasteiger partial charge on any atom is 0.0157 e. The van der Waals surface area contributed by atoms with Crippen LogP contribution in [0.25, 0.3) is 0 Å². The van der Waals surface area contributed by atoms with Gasteiger partial charge in [0.2, 0.25) is 0 Å². The Morgan fingerprint density at radius 1 is 1.17 bits per heavy atom. The van der Waals surface area contributed by atoms with E-state index in [2.05, 4.69) is 37.0 Å². The molecular weight excluding hydrogens is 216 g/mol. The van der Waals surface area contributed by atoms with E-state index < -0.39 is 0 Å². The lowest BCUT2D eigenvalue weighted by Crippen LogP contribution is -2.38. The van der Waals surface area contributed by atoms with Crippen molar-refractivity contribution < 1.29 is 0 Å². The van der Waals surface area contributed by atoms with Crippen molar-refractivity contribution in [3.05, 3.63) is 48.1 Å². The molecule has 2 unspecified atom stereocenters. The van der Waals surface area contributed by atoms with Crippen LogP contribution in [0.2, 0.25) is 0 Å². The summed E-state index contributed by atoms with van der Waals surface area (Å²) in [6.45, 7) is 4.05. The van der Waals surface area contributed by atoms with Crippen LogP contribution in [0.5, 0.6) is 0 Å². The largest absolute Gasteiger partial charge is 0.103 e. The van der Waals surface area contributed by atoms with Crippen molar-refractivity contribution in [2.24, 2.45) is 11.3 Å². The van der Waals surface area contributed by atoms with E-state index in [9.17, 15) is 0 Å². The third-order valence-corrected chi connectivity index (χ3v) is 5.12. The lowest BCUT2D eigenvalue weighted by molar-refractivity contribution is 0.170. The van der Waals surface area contributed by atoms with Crippen LogP contribution in [-0.2, 0) is 0 Å². The monoisotopic (exact) mass is 240 g/mol. The van der Waals surface area contributed by atoms with Crippen molar-refractivity contribution in [3.8, 4) is 0 Å². The predicted octanol–water partition coefficient (Wildman–Crippen LogP) is 5.35. The third kappa shape index (κ3) is 1.92. The molecule has 0 saturated heterocycles. The van der Waals surface area contributed by atoms with E-state index in [1.54, 1.807) is 11.1 Å². The molecule has 0 amide bonds. The quantitative estimate of drug-likeness (QED) is 0.581. The van der Waals surface area contributed by atoms with Crippen LogP contribution in [0.3, 0.4) is 0 Å². The first-order valence-electron chi connectivity index (χ1n) is 7.55. The van der Waals surface area contributed by atoms with Crippen LogP contribution in [0, 0.1) is 11.3 Å². The van der Waals surface area contributed by atoms with E-state index in [4.69, 9.17) is 0 Å². The van der Waals surface area contributed by atoms with Gasteiger partial charge < -0.3 is 0 Å². The van der Waals surface area contributed by atoms with Gasteiger partial charge >= 0.3 is 0 Å². The lowest BCUT2D eigenvalue weighted by Gasteiger charge is -2.48. The molecule has 3 aliphatic carbocycles. The van der Waals surface area contributed by atoms with E-state index in [0.717, 1.165) is 0 Å². The molecule has 0 N–H and O–H groups in total. The highest BCUT2D eigenvalue weighted by Gasteiger charge is 2.45. The number of hydrogen-bond donors (Lipinski definition) is 0. The van der Waals surface area contributed by atoms with Crippen molar-refractivity contribution in [1.82, 2.24) is 0 Å². The second-order valence-electron chi connectivity index (χ2n) is 6.05. The van der Waals surface area contributed by atoms with Gasteiger partial charge in [-0.25, -0.2) is 0 Å². The number of allylic oxidation sites excluding steroid dienone is 7. The fourth-order valence-electron chi connectivity index (χ4n) is 3.86. The molecule has 0 aliphatic heterocycles. The Bertz CT molecular complexity index is 421. The van der Waals surface area contributed by atoms with Gasteiger partial charge in [-0.15, -0.1) is 6.58 Å². The molecule has 0 heterocycles. The van der Waals surface area contributed by atoms with Gasteiger partial charge in [0.15, 0.2) is 0 Å². The van der Waals surface area contributed by atoms with E-state index in [1.165, 1.54) is 51.4 Å². The first-order valence-corrected chi connectivity index (χ1v) is 7.55. The van der Waals surface area contributed by atoms with Crippen LogP contribution in [0.15, 0.2) is 48.1 Å². The zero-order chi connectivity index (χ0) is 12.4. The molecule has 1 saturated carbocycles. The highest BCUT2D eigenvalue weighted by molar-refractivity contribution is 5.35. The summed E-state index contributed by atoms with van der Waals surface area (Å²) in [5, 5.41) is 0. The van der Waals surface area contributed by atoms with Gasteiger partial charge in [-0.05, 0) is 57.3 Å². The molecule has 3 aliphatic rings. The van der Waals surface area contributed by atoms with Gasteiger partial charge in [-0.1, -0.05) is 41.5 Å². The fraction of sp³-hybridized carbons (Fsp3) is 0.556. The average molecular weight is 240 g/mol. The molecule has 1 fully saturated rings. The summed E-state index contributed by atoms with van der Waals surface area (Å²) in [5.41, 5.74) is 3.61. The van der Waals surface area contributed by atoms with Gasteiger partial charge in [0.25, 0.3) is 0 Å². The van der Waals surface area contributed by atoms with Gasteiger partial charge in [-0.3, -0.25) is 0 Å². The van der Waals surface area contributed by atoms with Crippen LogP contribution in [0.1, 0.15) is 51.4 Å². The minimum absolute atomic E-state index is 0.349. The fourth-order valence-corrected chi connectivity index (χ4v) is 3.86. The van der Waals surface area contributed by atoms with Crippen LogP contribution < -0.4 is 0 Å². The molecule has 0 bridgehead atoms. The van der Waals surface area contributed by atoms with Crippen LogP contribution >= 0.6 is 0 Å². The van der Waals surface area contributed by atoms with Crippen molar-refractivity contribution >= 4 is 0 Å². The molecule has 0 aromatic heterocycles. The normalized spacial score (nSPS) is 35.4. The summed E-state index contributed by atoms with van der Waals surface area (Å²) in [5.74, 6) is 0.681. The zero-order valence-corrected chi connectivity index (χ0v) is 11.3. The summed E-state index contributed by atoms with van der Waals surface area (Å²) >= 11 is 0. The summed E-state index contributed by atoms with van der Waals surface area (Å²) in [4.78, 5) is 0. The SMILES string of the molecule is C=CC1CCC1(/C=C/C1=CCCC1)C1=CCCC1.